The summed E-state index contributed by atoms with van der Waals surface area (Å²) in [5, 5.41) is 21.4. The fourth-order valence-electron chi connectivity index (χ4n) is 3.69. The number of phenolic OH excluding ortho intramolecular Hbond substituents is 1. The van der Waals surface area contributed by atoms with Gasteiger partial charge < -0.3 is 14.8 Å². The van der Waals surface area contributed by atoms with Crippen LogP contribution in [-0.2, 0) is 19.4 Å². The van der Waals surface area contributed by atoms with Crippen molar-refractivity contribution in [3.63, 3.8) is 0 Å². The van der Waals surface area contributed by atoms with Crippen molar-refractivity contribution in [2.75, 3.05) is 6.61 Å². The molecule has 3 nitrogen and oxygen atoms in total. The number of aromatic hydroxyl groups is 1. The first kappa shape index (κ1) is 16.5. The maximum atomic E-state index is 13.2. The number of rotatable bonds is 4. The van der Waals surface area contributed by atoms with Crippen LogP contribution in [0.5, 0.6) is 5.75 Å². The topological polar surface area (TPSA) is 45.4 Å². The van der Waals surface area contributed by atoms with Gasteiger partial charge in [-0.1, -0.05) is 19.1 Å². The van der Waals surface area contributed by atoms with Gasteiger partial charge in [0.05, 0.1) is 5.52 Å². The molecule has 1 atom stereocenters. The third kappa shape index (κ3) is 2.81. The number of hydrogen-bond donors (Lipinski definition) is 2. The second-order valence-corrected chi connectivity index (χ2v) is 8.00. The molecule has 1 unspecified atom stereocenters. The molecule has 130 valence electrons. The van der Waals surface area contributed by atoms with Crippen LogP contribution in [0, 0.1) is 5.82 Å². The number of benzene rings is 2. The molecule has 5 heteroatoms. The van der Waals surface area contributed by atoms with E-state index in [4.69, 9.17) is 0 Å². The van der Waals surface area contributed by atoms with Gasteiger partial charge in [-0.3, -0.25) is 0 Å². The lowest BCUT2D eigenvalue weighted by Crippen LogP contribution is -2.09. The molecule has 3 aromatic rings. The second-order valence-electron chi connectivity index (χ2n) is 6.55. The maximum absolute atomic E-state index is 13.2. The molecule has 1 aliphatic heterocycles. The smallest absolute Gasteiger partial charge is 0.123 e. The zero-order chi connectivity index (χ0) is 17.6. The Hall–Kier alpha value is -1.98. The standard InChI is InChI=1S/C20H20FNO2S/c1-12-10-15-18(24)7-6-16-19(15)20(25-12)17(8-9-23)22(16)11-13-2-4-14(21)5-3-13/h2-7,12,23-24H,8-11H2,1H3. The monoisotopic (exact) mass is 357 g/mol. The van der Waals surface area contributed by atoms with Crippen molar-refractivity contribution in [1.29, 1.82) is 0 Å². The summed E-state index contributed by atoms with van der Waals surface area (Å²) in [5.41, 5.74) is 4.16. The van der Waals surface area contributed by atoms with Crippen LogP contribution in [0.4, 0.5) is 4.39 Å². The highest BCUT2D eigenvalue weighted by molar-refractivity contribution is 8.00. The van der Waals surface area contributed by atoms with E-state index in [1.807, 2.05) is 17.8 Å². The molecule has 4 rings (SSSR count). The lowest BCUT2D eigenvalue weighted by molar-refractivity contribution is 0.296. The molecule has 0 bridgehead atoms. The van der Waals surface area contributed by atoms with E-state index in [2.05, 4.69) is 11.5 Å². The molecular formula is C20H20FNO2S. The molecule has 0 aliphatic carbocycles. The lowest BCUT2D eigenvalue weighted by Gasteiger charge is -2.20. The molecule has 0 spiro atoms. The molecule has 0 saturated carbocycles. The Bertz CT molecular complexity index is 933. The van der Waals surface area contributed by atoms with Crippen molar-refractivity contribution >= 4 is 22.7 Å². The highest BCUT2D eigenvalue weighted by atomic mass is 32.2. The number of halogens is 1. The van der Waals surface area contributed by atoms with Gasteiger partial charge in [-0.05, 0) is 36.2 Å². The van der Waals surface area contributed by atoms with Crippen LogP contribution >= 0.6 is 11.8 Å². The van der Waals surface area contributed by atoms with Gasteiger partial charge in [-0.15, -0.1) is 11.8 Å². The molecule has 25 heavy (non-hydrogen) atoms. The van der Waals surface area contributed by atoms with Gasteiger partial charge in [0.25, 0.3) is 0 Å². The number of nitrogens with zero attached hydrogens (tertiary/aromatic N) is 1. The van der Waals surface area contributed by atoms with Gasteiger partial charge in [0, 0.05) is 46.4 Å². The van der Waals surface area contributed by atoms with Gasteiger partial charge in [0.15, 0.2) is 0 Å². The molecule has 2 aromatic carbocycles. The number of aromatic nitrogens is 1. The third-order valence-electron chi connectivity index (χ3n) is 4.79. The highest BCUT2D eigenvalue weighted by Crippen LogP contribution is 2.46. The van der Waals surface area contributed by atoms with Gasteiger partial charge in [0.2, 0.25) is 0 Å². The minimum Gasteiger partial charge on any atom is -0.508 e. The van der Waals surface area contributed by atoms with Gasteiger partial charge in [-0.2, -0.15) is 0 Å². The van der Waals surface area contributed by atoms with Crippen LogP contribution in [0.1, 0.15) is 23.7 Å². The Morgan fingerprint density at radius 3 is 2.68 bits per heavy atom. The van der Waals surface area contributed by atoms with Crippen LogP contribution in [0.2, 0.25) is 0 Å². The van der Waals surface area contributed by atoms with E-state index < -0.39 is 0 Å². The van der Waals surface area contributed by atoms with E-state index in [1.54, 1.807) is 18.2 Å². The van der Waals surface area contributed by atoms with Crippen molar-refractivity contribution in [3.8, 4) is 5.75 Å². The molecular weight excluding hydrogens is 337 g/mol. The molecule has 0 fully saturated rings. The second kappa shape index (κ2) is 6.39. The molecule has 2 N–H and O–H groups in total. The van der Waals surface area contributed by atoms with E-state index in [0.29, 0.717) is 24.0 Å². The summed E-state index contributed by atoms with van der Waals surface area (Å²) in [6.07, 6.45) is 1.39. The van der Waals surface area contributed by atoms with E-state index in [1.165, 1.54) is 12.1 Å². The van der Waals surface area contributed by atoms with Crippen LogP contribution in [0.15, 0.2) is 41.3 Å². The minimum atomic E-state index is -0.244. The summed E-state index contributed by atoms with van der Waals surface area (Å²) >= 11 is 1.81. The van der Waals surface area contributed by atoms with Gasteiger partial charge >= 0.3 is 0 Å². The van der Waals surface area contributed by atoms with Crippen LogP contribution in [0.25, 0.3) is 10.9 Å². The zero-order valence-electron chi connectivity index (χ0n) is 14.0. The molecule has 0 saturated heterocycles. The Morgan fingerprint density at radius 1 is 1.20 bits per heavy atom. The number of phenols is 1. The lowest BCUT2D eigenvalue weighted by atomic mass is 10.0. The minimum absolute atomic E-state index is 0.0724. The largest absolute Gasteiger partial charge is 0.508 e. The Balaban J connectivity index is 1.92. The Kier molecular flexibility index (Phi) is 4.21. The summed E-state index contributed by atoms with van der Waals surface area (Å²) in [6.45, 7) is 2.85. The molecule has 0 amide bonds. The number of thioether (sulfide) groups is 1. The number of hydrogen-bond acceptors (Lipinski definition) is 3. The average Bonchev–Trinajstić information content (AvgIpc) is 2.87. The first-order valence-corrected chi connectivity index (χ1v) is 9.34. The zero-order valence-corrected chi connectivity index (χ0v) is 14.8. The van der Waals surface area contributed by atoms with Crippen LogP contribution < -0.4 is 0 Å². The van der Waals surface area contributed by atoms with Crippen LogP contribution in [0.3, 0.4) is 0 Å². The first-order valence-electron chi connectivity index (χ1n) is 8.46. The first-order chi connectivity index (χ1) is 12.1. The van der Waals surface area contributed by atoms with Crippen LogP contribution in [-0.4, -0.2) is 26.6 Å². The molecule has 0 radical (unpaired) electrons. The fraction of sp³-hybridized carbons (Fsp3) is 0.300. The fourth-order valence-corrected chi connectivity index (χ4v) is 5.03. The third-order valence-corrected chi connectivity index (χ3v) is 6.03. The summed E-state index contributed by atoms with van der Waals surface area (Å²) in [7, 11) is 0. The summed E-state index contributed by atoms with van der Waals surface area (Å²) in [6, 6.07) is 10.2. The number of aliphatic hydroxyl groups is 1. The number of aliphatic hydroxyl groups excluding tert-OH is 1. The highest BCUT2D eigenvalue weighted by Gasteiger charge is 2.27. The molecule has 1 aliphatic rings. The van der Waals surface area contributed by atoms with Crippen molar-refractivity contribution in [2.24, 2.45) is 0 Å². The predicted molar refractivity (Wildman–Crippen MR) is 98.9 cm³/mol. The molecule has 1 aromatic heterocycles. The normalized spacial score (nSPS) is 16.5. The summed E-state index contributed by atoms with van der Waals surface area (Å²) < 4.78 is 15.4. The van der Waals surface area contributed by atoms with Crippen molar-refractivity contribution in [1.82, 2.24) is 4.57 Å². The SMILES string of the molecule is CC1Cc2c(O)ccc3c2c(c(CCO)n3Cc2ccc(F)cc2)S1. The van der Waals surface area contributed by atoms with E-state index >= 15 is 0 Å². The van der Waals surface area contributed by atoms with Crippen molar-refractivity contribution in [3.05, 3.63) is 59.0 Å². The maximum Gasteiger partial charge on any atom is 0.123 e. The van der Waals surface area contributed by atoms with Gasteiger partial charge in [-0.25, -0.2) is 4.39 Å². The summed E-state index contributed by atoms with van der Waals surface area (Å²) in [5.74, 6) is 0.0993. The quantitative estimate of drug-likeness (QED) is 0.739. The van der Waals surface area contributed by atoms with E-state index in [-0.39, 0.29) is 12.4 Å². The summed E-state index contributed by atoms with van der Waals surface area (Å²) in [4.78, 5) is 1.16. The predicted octanol–water partition coefficient (Wildman–Crippen LogP) is 4.11. The Morgan fingerprint density at radius 2 is 1.96 bits per heavy atom. The van der Waals surface area contributed by atoms with E-state index in [0.717, 1.165) is 39.0 Å². The molecule has 2 heterocycles. The van der Waals surface area contributed by atoms with Crippen molar-refractivity contribution < 1.29 is 14.6 Å². The van der Waals surface area contributed by atoms with E-state index in [9.17, 15) is 14.6 Å². The van der Waals surface area contributed by atoms with Gasteiger partial charge in [0.1, 0.15) is 11.6 Å². The Labute approximate surface area is 150 Å². The van der Waals surface area contributed by atoms with Crippen molar-refractivity contribution in [2.45, 2.75) is 36.5 Å². The average molecular weight is 357 g/mol.